The van der Waals surface area contributed by atoms with Gasteiger partial charge < -0.3 is 20.4 Å². The van der Waals surface area contributed by atoms with Gasteiger partial charge in [0.15, 0.2) is 0 Å². The first-order chi connectivity index (χ1) is 20.2. The summed E-state index contributed by atoms with van der Waals surface area (Å²) in [6, 6.07) is 18.1. The molecule has 0 radical (unpaired) electrons. The third kappa shape index (κ3) is 13.3. The SMILES string of the molecule is Cc1cccc(CN(CC(C)(C)O)C2CCN(C(=O)Cl)CC2)c1.Cc1cccc(CN(CC(C)(C)O)C2CCNCC2)c1. The lowest BCUT2D eigenvalue weighted by molar-refractivity contribution is 0.00638. The molecule has 7 nitrogen and oxygen atoms in total. The lowest BCUT2D eigenvalue weighted by atomic mass is 9.99. The van der Waals surface area contributed by atoms with Gasteiger partial charge in [-0.05, 0) is 103 Å². The number of aryl methyl sites for hydroxylation is 2. The summed E-state index contributed by atoms with van der Waals surface area (Å²) >= 11 is 5.57. The van der Waals surface area contributed by atoms with E-state index in [0.29, 0.717) is 31.7 Å². The molecule has 2 aliphatic rings. The van der Waals surface area contributed by atoms with Crippen LogP contribution >= 0.6 is 11.6 Å². The number of carbonyl (C=O) groups is 1. The fourth-order valence-corrected chi connectivity index (χ4v) is 6.46. The summed E-state index contributed by atoms with van der Waals surface area (Å²) in [5.74, 6) is 0. The minimum atomic E-state index is -0.747. The number of piperidine rings is 2. The molecule has 0 spiro atoms. The van der Waals surface area contributed by atoms with E-state index in [4.69, 9.17) is 11.6 Å². The van der Waals surface area contributed by atoms with Gasteiger partial charge in [-0.1, -0.05) is 59.7 Å². The monoisotopic (exact) mass is 614 g/mol. The van der Waals surface area contributed by atoms with Gasteiger partial charge in [-0.15, -0.1) is 0 Å². The first-order valence-electron chi connectivity index (χ1n) is 15.9. The van der Waals surface area contributed by atoms with Gasteiger partial charge in [0.05, 0.1) is 11.2 Å². The van der Waals surface area contributed by atoms with E-state index in [1.165, 1.54) is 35.1 Å². The molecule has 0 aromatic heterocycles. The molecular formula is C35H55ClN4O3. The van der Waals surface area contributed by atoms with Crippen molar-refractivity contribution in [2.75, 3.05) is 39.3 Å². The third-order valence-corrected chi connectivity index (χ3v) is 8.41. The fraction of sp³-hybridized carbons (Fsp3) is 0.629. The van der Waals surface area contributed by atoms with Gasteiger partial charge in [-0.2, -0.15) is 0 Å². The van der Waals surface area contributed by atoms with Crippen LogP contribution < -0.4 is 5.32 Å². The van der Waals surface area contributed by atoms with Crippen LogP contribution in [-0.4, -0.2) is 92.8 Å². The Morgan fingerprint density at radius 3 is 1.60 bits per heavy atom. The van der Waals surface area contributed by atoms with Crippen LogP contribution in [-0.2, 0) is 13.1 Å². The number of halogens is 1. The summed E-state index contributed by atoms with van der Waals surface area (Å²) in [6.07, 6.45) is 4.12. The Kier molecular flexibility index (Phi) is 13.5. The first kappa shape index (κ1) is 35.5. The molecule has 2 heterocycles. The maximum absolute atomic E-state index is 11.3. The summed E-state index contributed by atoms with van der Waals surface area (Å²) in [7, 11) is 0. The molecule has 0 atom stereocenters. The maximum Gasteiger partial charge on any atom is 0.316 e. The number of nitrogens with zero attached hydrogens (tertiary/aromatic N) is 3. The maximum atomic E-state index is 11.3. The van der Waals surface area contributed by atoms with Crippen molar-refractivity contribution in [2.45, 2.75) is 104 Å². The quantitative estimate of drug-likeness (QED) is 0.235. The Hall–Kier alpha value is -2.00. The van der Waals surface area contributed by atoms with Crippen LogP contribution in [0.2, 0.25) is 0 Å². The molecule has 2 fully saturated rings. The second kappa shape index (κ2) is 16.4. The zero-order valence-corrected chi connectivity index (χ0v) is 28.0. The van der Waals surface area contributed by atoms with Crippen molar-refractivity contribution in [3.63, 3.8) is 0 Å². The third-order valence-electron chi connectivity index (χ3n) is 8.17. The van der Waals surface area contributed by atoms with Crippen molar-refractivity contribution in [3.05, 3.63) is 70.8 Å². The van der Waals surface area contributed by atoms with Crippen LogP contribution in [0.3, 0.4) is 0 Å². The van der Waals surface area contributed by atoms with Crippen LogP contribution in [0.25, 0.3) is 0 Å². The van der Waals surface area contributed by atoms with Crippen molar-refractivity contribution < 1.29 is 15.0 Å². The predicted molar refractivity (Wildman–Crippen MR) is 178 cm³/mol. The molecule has 8 heteroatoms. The Morgan fingerprint density at radius 1 is 0.814 bits per heavy atom. The van der Waals surface area contributed by atoms with Gasteiger partial charge in [0.25, 0.3) is 0 Å². The molecule has 0 saturated carbocycles. The van der Waals surface area contributed by atoms with Gasteiger partial charge in [-0.25, -0.2) is 0 Å². The van der Waals surface area contributed by atoms with E-state index < -0.39 is 11.2 Å². The van der Waals surface area contributed by atoms with Crippen LogP contribution in [0.1, 0.15) is 75.6 Å². The van der Waals surface area contributed by atoms with Crippen LogP contribution in [0.5, 0.6) is 0 Å². The summed E-state index contributed by atoms with van der Waals surface area (Å²) in [6.45, 7) is 18.3. The number of aliphatic hydroxyl groups is 2. The predicted octanol–water partition coefficient (Wildman–Crippen LogP) is 5.71. The number of hydrogen-bond acceptors (Lipinski definition) is 6. The molecule has 1 amide bonds. The van der Waals surface area contributed by atoms with E-state index in [2.05, 4.69) is 77.5 Å². The number of amides is 1. The van der Waals surface area contributed by atoms with E-state index in [-0.39, 0.29) is 5.37 Å². The summed E-state index contributed by atoms with van der Waals surface area (Å²) in [5, 5.41) is 23.5. The van der Waals surface area contributed by atoms with E-state index >= 15 is 0 Å². The Morgan fingerprint density at radius 2 is 1.23 bits per heavy atom. The smallest absolute Gasteiger partial charge is 0.316 e. The van der Waals surface area contributed by atoms with E-state index in [1.807, 2.05) is 27.7 Å². The standard InChI is InChI=1S/C18H27ClN2O2.C17H28N2O/c1-14-5-4-6-15(11-14)12-21(13-18(2,3)23)16-7-9-20(10-8-16)17(19)22;1-14-5-4-6-15(11-14)12-19(13-17(2,3)20)16-7-9-18-10-8-16/h4-6,11,16,23H,7-10,12-13H2,1-3H3;4-6,11,16,18,20H,7-10,12-13H2,1-3H3. The second-order valence-electron chi connectivity index (χ2n) is 13.9. The zero-order chi connectivity index (χ0) is 31.6. The van der Waals surface area contributed by atoms with Gasteiger partial charge in [-0.3, -0.25) is 14.6 Å². The van der Waals surface area contributed by atoms with Crippen molar-refractivity contribution in [3.8, 4) is 0 Å². The average Bonchev–Trinajstić information content (AvgIpc) is 2.92. The summed E-state index contributed by atoms with van der Waals surface area (Å²) in [4.78, 5) is 17.7. The number of nitrogens with one attached hydrogen (secondary N) is 1. The summed E-state index contributed by atoms with van der Waals surface area (Å²) < 4.78 is 0. The Bertz CT molecular complexity index is 1130. The van der Waals surface area contributed by atoms with Crippen molar-refractivity contribution in [1.82, 2.24) is 20.0 Å². The number of carbonyl (C=O) groups excluding carboxylic acids is 1. The highest BCUT2D eigenvalue weighted by Crippen LogP contribution is 2.23. The second-order valence-corrected chi connectivity index (χ2v) is 14.2. The zero-order valence-electron chi connectivity index (χ0n) is 27.3. The lowest BCUT2D eigenvalue weighted by Gasteiger charge is -2.40. The number of likely N-dealkylation sites (tertiary alicyclic amines) is 1. The normalized spacial score (nSPS) is 17.2. The van der Waals surface area contributed by atoms with Gasteiger partial charge in [0.1, 0.15) is 0 Å². The highest BCUT2D eigenvalue weighted by Gasteiger charge is 2.30. The first-order valence-corrected chi connectivity index (χ1v) is 16.3. The van der Waals surface area contributed by atoms with Crippen LogP contribution in [0, 0.1) is 13.8 Å². The highest BCUT2D eigenvalue weighted by molar-refractivity contribution is 6.62. The molecular weight excluding hydrogens is 560 g/mol. The molecule has 2 aromatic carbocycles. The minimum Gasteiger partial charge on any atom is -0.389 e. The molecule has 2 aromatic rings. The number of benzene rings is 2. The van der Waals surface area contributed by atoms with Gasteiger partial charge in [0.2, 0.25) is 0 Å². The highest BCUT2D eigenvalue weighted by atomic mass is 35.5. The lowest BCUT2D eigenvalue weighted by Crippen LogP contribution is -2.49. The average molecular weight is 615 g/mol. The van der Waals surface area contributed by atoms with Crippen LogP contribution in [0.15, 0.2) is 48.5 Å². The Labute approximate surface area is 265 Å². The number of rotatable bonds is 10. The molecule has 2 aliphatic heterocycles. The molecule has 240 valence electrons. The fourth-order valence-electron chi connectivity index (χ4n) is 6.29. The largest absolute Gasteiger partial charge is 0.389 e. The van der Waals surface area contributed by atoms with Crippen molar-refractivity contribution in [2.24, 2.45) is 0 Å². The van der Waals surface area contributed by atoms with Crippen molar-refractivity contribution in [1.29, 1.82) is 0 Å². The Balaban J connectivity index is 0.000000238. The molecule has 4 rings (SSSR count). The van der Waals surface area contributed by atoms with Crippen molar-refractivity contribution >= 4 is 17.0 Å². The molecule has 0 unspecified atom stereocenters. The van der Waals surface area contributed by atoms with Gasteiger partial charge >= 0.3 is 5.37 Å². The molecule has 3 N–H and O–H groups in total. The van der Waals surface area contributed by atoms with Gasteiger partial charge in [0, 0.05) is 51.4 Å². The molecule has 43 heavy (non-hydrogen) atoms. The van der Waals surface area contributed by atoms with E-state index in [0.717, 1.165) is 45.6 Å². The molecule has 2 saturated heterocycles. The topological polar surface area (TPSA) is 79.3 Å². The van der Waals surface area contributed by atoms with Crippen LogP contribution in [0.4, 0.5) is 4.79 Å². The molecule has 0 bridgehead atoms. The van der Waals surface area contributed by atoms with E-state index in [9.17, 15) is 15.0 Å². The molecule has 0 aliphatic carbocycles. The van der Waals surface area contributed by atoms with E-state index in [1.54, 1.807) is 4.90 Å². The summed E-state index contributed by atoms with van der Waals surface area (Å²) in [5.41, 5.74) is 3.75. The number of hydrogen-bond donors (Lipinski definition) is 3. The minimum absolute atomic E-state index is 0.356.